The molecule has 3 heterocycles. The van der Waals surface area contributed by atoms with E-state index in [1.54, 1.807) is 0 Å². The van der Waals surface area contributed by atoms with Gasteiger partial charge in [-0.3, -0.25) is 0 Å². The van der Waals surface area contributed by atoms with Crippen molar-refractivity contribution >= 4 is 68.4 Å². The van der Waals surface area contributed by atoms with Crippen molar-refractivity contribution in [3.05, 3.63) is 148 Å². The summed E-state index contributed by atoms with van der Waals surface area (Å²) in [6.45, 7) is 39.1. The Morgan fingerprint density at radius 1 is 0.479 bits per heavy atom. The largest absolute Gasteiger partial charge is 0.468 e. The Morgan fingerprint density at radius 2 is 1.04 bits per heavy atom. The molecule has 2 aliphatic heterocycles. The first kappa shape index (κ1) is 47.3. The average Bonchev–Trinajstić information content (AvgIpc) is 3.96. The van der Waals surface area contributed by atoms with E-state index in [1.807, 2.05) is 0 Å². The predicted molar refractivity (Wildman–Crippen MR) is 312 cm³/mol. The molecule has 1 aromatic heterocycles. The summed E-state index contributed by atoms with van der Waals surface area (Å²) in [6, 6.07) is 41.7. The van der Waals surface area contributed by atoms with Crippen LogP contribution in [0.1, 0.15) is 200 Å². The number of furan rings is 1. The number of rotatable bonds is 3. The number of nitrogens with zero attached hydrogens (tertiary/aromatic N) is 2. The fourth-order valence-corrected chi connectivity index (χ4v) is 15.5. The van der Waals surface area contributed by atoms with Crippen LogP contribution in [0.5, 0.6) is 0 Å². The van der Waals surface area contributed by atoms with E-state index in [1.165, 1.54) is 132 Å². The lowest BCUT2D eigenvalue weighted by Crippen LogP contribution is -2.61. The Morgan fingerprint density at radius 3 is 1.66 bits per heavy atom. The van der Waals surface area contributed by atoms with E-state index >= 15 is 0 Å². The first-order valence-corrected chi connectivity index (χ1v) is 28.1. The van der Waals surface area contributed by atoms with Gasteiger partial charge in [0, 0.05) is 33.7 Å². The highest BCUT2D eigenvalue weighted by molar-refractivity contribution is 7.00. The average molecular weight is 963 g/mol. The standard InChI is InChI=1S/C69H79BN2O/c1-62(2,3)42-22-24-44(25-23-42)71-54-34-43(63(4,5)6)35-55-59(54)70(61-60(71)45-36-49-50(39-56(45)73-61)69(16)33-32-68(49,15)40-69)51-37-47-48(66(11,12)29-28-65(47,9)10)38-53(51)72(55)52-27-26-46-58(57(52)41-20-18-17-19-21-41)67(13,14)31-30-64(46,7)8/h17-27,34-39H,28-33,40H2,1-16H3. The van der Waals surface area contributed by atoms with Gasteiger partial charge in [0.15, 0.2) is 0 Å². The van der Waals surface area contributed by atoms with Gasteiger partial charge in [-0.15, -0.1) is 0 Å². The monoisotopic (exact) mass is 963 g/mol. The van der Waals surface area contributed by atoms with Gasteiger partial charge >= 0.3 is 0 Å². The van der Waals surface area contributed by atoms with E-state index in [0.717, 1.165) is 30.5 Å². The van der Waals surface area contributed by atoms with Crippen molar-refractivity contribution in [3.8, 4) is 11.1 Å². The molecule has 1 saturated carbocycles. The molecular formula is C69H79BN2O. The van der Waals surface area contributed by atoms with Crippen LogP contribution in [0.3, 0.4) is 0 Å². The van der Waals surface area contributed by atoms with Crippen molar-refractivity contribution in [1.29, 1.82) is 0 Å². The molecule has 374 valence electrons. The van der Waals surface area contributed by atoms with Gasteiger partial charge in [-0.25, -0.2) is 0 Å². The second kappa shape index (κ2) is 14.7. The summed E-state index contributed by atoms with van der Waals surface area (Å²) in [4.78, 5) is 5.41. The third kappa shape index (κ3) is 6.62. The van der Waals surface area contributed by atoms with Crippen molar-refractivity contribution < 1.29 is 4.42 Å². The molecule has 2 atom stereocenters. The van der Waals surface area contributed by atoms with Crippen LogP contribution in [0, 0.1) is 0 Å². The van der Waals surface area contributed by atoms with Crippen LogP contribution in [0.2, 0.25) is 0 Å². The lowest BCUT2D eigenvalue weighted by molar-refractivity contribution is 0.332. The molecule has 4 aliphatic carbocycles. The summed E-state index contributed by atoms with van der Waals surface area (Å²) in [5, 5.41) is 1.24. The number of anilines is 6. The molecule has 13 rings (SSSR count). The van der Waals surface area contributed by atoms with Crippen molar-refractivity contribution in [2.75, 3.05) is 9.80 Å². The summed E-state index contributed by atoms with van der Waals surface area (Å²) >= 11 is 0. The zero-order valence-electron chi connectivity index (χ0n) is 47.1. The Kier molecular flexibility index (Phi) is 9.50. The first-order chi connectivity index (χ1) is 34.1. The quantitative estimate of drug-likeness (QED) is 0.165. The molecule has 7 aromatic rings. The summed E-state index contributed by atoms with van der Waals surface area (Å²) < 4.78 is 7.77. The Bertz CT molecular complexity index is 3500. The molecule has 73 heavy (non-hydrogen) atoms. The Labute approximate surface area is 438 Å². The van der Waals surface area contributed by atoms with E-state index in [-0.39, 0.29) is 50.0 Å². The highest BCUT2D eigenvalue weighted by Crippen LogP contribution is 2.62. The first-order valence-electron chi connectivity index (χ1n) is 28.1. The van der Waals surface area contributed by atoms with Gasteiger partial charge in [-0.1, -0.05) is 165 Å². The van der Waals surface area contributed by atoms with Gasteiger partial charge in [0.25, 0.3) is 6.71 Å². The second-order valence-electron chi connectivity index (χ2n) is 29.3. The van der Waals surface area contributed by atoms with Crippen LogP contribution in [0.15, 0.2) is 108 Å². The maximum absolute atomic E-state index is 7.77. The molecule has 6 aliphatic rings. The molecule has 2 bridgehead atoms. The third-order valence-corrected chi connectivity index (χ3v) is 20.2. The molecule has 4 heteroatoms. The summed E-state index contributed by atoms with van der Waals surface area (Å²) in [6.07, 6.45) is 8.31. The van der Waals surface area contributed by atoms with Crippen LogP contribution in [0.25, 0.3) is 22.1 Å². The van der Waals surface area contributed by atoms with Gasteiger partial charge in [0.1, 0.15) is 5.58 Å². The molecule has 0 spiro atoms. The molecule has 3 nitrogen and oxygen atoms in total. The van der Waals surface area contributed by atoms with Crippen LogP contribution in [0.4, 0.5) is 34.1 Å². The normalized spacial score (nSPS) is 23.4. The Hall–Kier alpha value is -5.48. The molecule has 1 fully saturated rings. The smallest absolute Gasteiger partial charge is 0.297 e. The molecule has 2 unspecified atom stereocenters. The maximum Gasteiger partial charge on any atom is 0.297 e. The highest BCUT2D eigenvalue weighted by Gasteiger charge is 2.55. The van der Waals surface area contributed by atoms with Crippen LogP contribution in [-0.2, 0) is 43.3 Å². The summed E-state index contributed by atoms with van der Waals surface area (Å²) in [7, 11) is 0. The number of hydrogen-bond donors (Lipinski definition) is 0. The van der Waals surface area contributed by atoms with E-state index in [9.17, 15) is 0 Å². The molecule has 0 radical (unpaired) electrons. The van der Waals surface area contributed by atoms with Gasteiger partial charge < -0.3 is 14.2 Å². The molecule has 0 N–H and O–H groups in total. The second-order valence-corrected chi connectivity index (χ2v) is 29.3. The van der Waals surface area contributed by atoms with Crippen molar-refractivity contribution in [2.45, 2.75) is 199 Å². The van der Waals surface area contributed by atoms with Crippen LogP contribution < -0.4 is 26.4 Å². The van der Waals surface area contributed by atoms with Crippen molar-refractivity contribution in [3.63, 3.8) is 0 Å². The fraction of sp³-hybridized carbons (Fsp3) is 0.449. The molecular weight excluding hydrogens is 884 g/mol. The minimum atomic E-state index is -0.149. The number of benzene rings is 6. The molecule has 0 saturated heterocycles. The lowest BCUT2D eigenvalue weighted by atomic mass is 9.35. The van der Waals surface area contributed by atoms with E-state index in [0.29, 0.717) is 0 Å². The zero-order chi connectivity index (χ0) is 51.5. The summed E-state index contributed by atoms with van der Waals surface area (Å²) in [5.41, 5.74) is 26.9. The van der Waals surface area contributed by atoms with Gasteiger partial charge in [0.05, 0.1) is 17.0 Å². The highest BCUT2D eigenvalue weighted by atomic mass is 16.3. The molecule has 0 amide bonds. The van der Waals surface area contributed by atoms with Crippen LogP contribution in [-0.4, -0.2) is 6.71 Å². The number of hydrogen-bond acceptors (Lipinski definition) is 3. The maximum atomic E-state index is 7.77. The van der Waals surface area contributed by atoms with E-state index in [4.69, 9.17) is 4.42 Å². The summed E-state index contributed by atoms with van der Waals surface area (Å²) in [5.74, 6) is 0. The zero-order valence-corrected chi connectivity index (χ0v) is 47.1. The van der Waals surface area contributed by atoms with Gasteiger partial charge in [-0.2, -0.15) is 0 Å². The predicted octanol–water partition coefficient (Wildman–Crippen LogP) is 17.2. The third-order valence-electron chi connectivity index (χ3n) is 20.2. The van der Waals surface area contributed by atoms with Crippen molar-refractivity contribution in [2.24, 2.45) is 0 Å². The minimum absolute atomic E-state index is 0.00755. The van der Waals surface area contributed by atoms with Gasteiger partial charge in [-0.05, 0) is 198 Å². The fourth-order valence-electron chi connectivity index (χ4n) is 15.5. The van der Waals surface area contributed by atoms with E-state index in [2.05, 4.69) is 224 Å². The minimum Gasteiger partial charge on any atom is -0.468 e. The number of fused-ring (bicyclic) bond motifs is 13. The van der Waals surface area contributed by atoms with Crippen molar-refractivity contribution in [1.82, 2.24) is 0 Å². The molecule has 6 aromatic carbocycles. The SMILES string of the molecule is CC(C)(C)c1ccc(N2c3cc(C(C)(C)C)cc4c3B(c3cc5c(cc3N4c3ccc4c(c3-c3ccccc3)C(C)(C)CCC4(C)C)C(C)(C)CCC5(C)C)c3oc4cc5c(cc4c32)C2(C)CCC5(C)C2)cc1. The van der Waals surface area contributed by atoms with E-state index < -0.39 is 0 Å². The lowest BCUT2D eigenvalue weighted by Gasteiger charge is -2.48. The van der Waals surface area contributed by atoms with Gasteiger partial charge in [0.2, 0.25) is 0 Å². The van der Waals surface area contributed by atoms with Crippen LogP contribution >= 0.6 is 0 Å². The topological polar surface area (TPSA) is 19.6 Å². The Balaban J connectivity index is 1.20.